The molecule has 0 atom stereocenters. The van der Waals surface area contributed by atoms with Crippen LogP contribution in [-0.4, -0.2) is 9.97 Å². The van der Waals surface area contributed by atoms with Gasteiger partial charge in [0, 0.05) is 21.7 Å². The lowest BCUT2D eigenvalue weighted by Crippen LogP contribution is -2.08. The van der Waals surface area contributed by atoms with Crippen LogP contribution in [0.4, 0.5) is 0 Å². The van der Waals surface area contributed by atoms with Crippen molar-refractivity contribution in [3.63, 3.8) is 0 Å². The number of hydrogen-bond donors (Lipinski definition) is 1. The highest BCUT2D eigenvalue weighted by molar-refractivity contribution is 7.98. The second-order valence-corrected chi connectivity index (χ2v) is 8.07. The molecule has 4 aromatic rings. The van der Waals surface area contributed by atoms with Crippen LogP contribution in [0.1, 0.15) is 11.1 Å². The van der Waals surface area contributed by atoms with Crippen LogP contribution in [0.5, 0.6) is 0 Å². The molecule has 0 aliphatic carbocycles. The Morgan fingerprint density at radius 1 is 1.22 bits per heavy atom. The van der Waals surface area contributed by atoms with Crippen molar-refractivity contribution in [3.8, 4) is 17.2 Å². The number of benzene rings is 2. The molecule has 0 aliphatic rings. The molecule has 2 aromatic carbocycles. The van der Waals surface area contributed by atoms with E-state index in [1.807, 2.05) is 47.8 Å². The van der Waals surface area contributed by atoms with Gasteiger partial charge in [-0.15, -0.1) is 11.3 Å². The maximum Gasteiger partial charge on any atom is 0.260 e. The first-order chi connectivity index (χ1) is 13.1. The van der Waals surface area contributed by atoms with Crippen molar-refractivity contribution in [3.05, 3.63) is 80.4 Å². The fourth-order valence-corrected chi connectivity index (χ4v) is 4.66. The van der Waals surface area contributed by atoms with Gasteiger partial charge in [-0.05, 0) is 35.4 Å². The Bertz CT molecular complexity index is 1220. The summed E-state index contributed by atoms with van der Waals surface area (Å²) in [4.78, 5) is 20.8. The summed E-state index contributed by atoms with van der Waals surface area (Å²) in [5, 5.41) is 12.8. The number of rotatable bonds is 4. The number of aromatic nitrogens is 2. The molecule has 2 heterocycles. The van der Waals surface area contributed by atoms with Gasteiger partial charge in [-0.3, -0.25) is 4.79 Å². The maximum absolute atomic E-state index is 12.7. The molecule has 0 saturated heterocycles. The number of halogens is 1. The number of nitrogens with zero attached hydrogens (tertiary/aromatic N) is 2. The molecule has 0 saturated carbocycles. The maximum atomic E-state index is 12.7. The van der Waals surface area contributed by atoms with E-state index in [0.717, 1.165) is 16.7 Å². The molecule has 132 valence electrons. The fourth-order valence-electron chi connectivity index (χ4n) is 2.72. The summed E-state index contributed by atoms with van der Waals surface area (Å²) in [5.41, 5.74) is 3.27. The van der Waals surface area contributed by atoms with E-state index in [1.54, 1.807) is 6.07 Å². The summed E-state index contributed by atoms with van der Waals surface area (Å²) < 4.78 is 0. The minimum atomic E-state index is -0.153. The quantitative estimate of drug-likeness (QED) is 0.358. The molecule has 4 nitrogen and oxygen atoms in total. The lowest BCUT2D eigenvalue weighted by molar-refractivity contribution is 0.980. The Morgan fingerprint density at radius 3 is 2.81 bits per heavy atom. The molecule has 0 aliphatic heterocycles. The van der Waals surface area contributed by atoms with Gasteiger partial charge in [0.1, 0.15) is 4.83 Å². The van der Waals surface area contributed by atoms with E-state index in [-0.39, 0.29) is 5.56 Å². The van der Waals surface area contributed by atoms with Gasteiger partial charge in [-0.1, -0.05) is 47.6 Å². The third kappa shape index (κ3) is 3.76. The van der Waals surface area contributed by atoms with Crippen LogP contribution in [0.25, 0.3) is 21.3 Å². The Labute approximate surface area is 168 Å². The highest BCUT2D eigenvalue weighted by Gasteiger charge is 2.13. The average molecular weight is 410 g/mol. The third-order valence-electron chi connectivity index (χ3n) is 4.01. The zero-order chi connectivity index (χ0) is 18.8. The fraction of sp³-hybridized carbons (Fsp3) is 0.0500. The van der Waals surface area contributed by atoms with Crippen LogP contribution in [0.3, 0.4) is 0 Å². The van der Waals surface area contributed by atoms with Gasteiger partial charge in [0.25, 0.3) is 5.56 Å². The molecule has 7 heteroatoms. The van der Waals surface area contributed by atoms with Crippen molar-refractivity contribution in [2.24, 2.45) is 0 Å². The summed E-state index contributed by atoms with van der Waals surface area (Å²) in [7, 11) is 0. The molecule has 4 rings (SSSR count). The van der Waals surface area contributed by atoms with Crippen LogP contribution in [-0.2, 0) is 5.75 Å². The van der Waals surface area contributed by atoms with Crippen LogP contribution >= 0.6 is 34.7 Å². The van der Waals surface area contributed by atoms with E-state index in [0.29, 0.717) is 31.7 Å². The molecule has 0 spiro atoms. The van der Waals surface area contributed by atoms with Crippen molar-refractivity contribution >= 4 is 44.9 Å². The molecule has 0 bridgehead atoms. The molecule has 0 fully saturated rings. The number of fused-ring (bicyclic) bond motifs is 1. The zero-order valence-electron chi connectivity index (χ0n) is 13.9. The lowest BCUT2D eigenvalue weighted by Gasteiger charge is -2.03. The lowest BCUT2D eigenvalue weighted by atomic mass is 10.1. The van der Waals surface area contributed by atoms with Gasteiger partial charge in [-0.2, -0.15) is 5.26 Å². The van der Waals surface area contributed by atoms with E-state index in [2.05, 4.69) is 16.0 Å². The van der Waals surface area contributed by atoms with Gasteiger partial charge in [0.05, 0.1) is 17.0 Å². The Balaban J connectivity index is 1.64. The average Bonchev–Trinajstić information content (AvgIpc) is 3.12. The minimum Gasteiger partial charge on any atom is -0.301 e. The van der Waals surface area contributed by atoms with Crippen molar-refractivity contribution < 1.29 is 0 Å². The van der Waals surface area contributed by atoms with Gasteiger partial charge in [0.15, 0.2) is 5.16 Å². The number of thiophene rings is 1. The van der Waals surface area contributed by atoms with Crippen molar-refractivity contribution in [2.75, 3.05) is 0 Å². The summed E-state index contributed by atoms with van der Waals surface area (Å²) in [6.45, 7) is 0. The van der Waals surface area contributed by atoms with Crippen LogP contribution in [0.2, 0.25) is 5.02 Å². The molecule has 27 heavy (non-hydrogen) atoms. The standard InChI is InChI=1S/C20H12ClN3OS2/c21-15-6-4-14(5-7-15)16-11-26-19-17(16)18(25)23-20(24-19)27-10-13-3-1-2-12(8-13)9-22/h1-8,11H,10H2,(H,23,24,25). The number of nitriles is 1. The summed E-state index contributed by atoms with van der Waals surface area (Å²) in [6, 6.07) is 17.0. The second kappa shape index (κ2) is 7.57. The first-order valence-electron chi connectivity index (χ1n) is 8.03. The molecule has 0 amide bonds. The summed E-state index contributed by atoms with van der Waals surface area (Å²) in [5.74, 6) is 0.624. The molecule has 0 unspecified atom stereocenters. The topological polar surface area (TPSA) is 69.5 Å². The van der Waals surface area contributed by atoms with Crippen molar-refractivity contribution in [2.45, 2.75) is 10.9 Å². The molecule has 0 radical (unpaired) electrons. The first kappa shape index (κ1) is 17.8. The Kier molecular flexibility index (Phi) is 4.99. The second-order valence-electron chi connectivity index (χ2n) is 5.81. The first-order valence-corrected chi connectivity index (χ1v) is 10.3. The smallest absolute Gasteiger partial charge is 0.260 e. The number of nitrogens with one attached hydrogen (secondary N) is 1. The highest BCUT2D eigenvalue weighted by Crippen LogP contribution is 2.32. The van der Waals surface area contributed by atoms with E-state index in [9.17, 15) is 4.79 Å². The molecular formula is C20H12ClN3OS2. The Morgan fingerprint density at radius 2 is 2.04 bits per heavy atom. The molecular weight excluding hydrogens is 398 g/mol. The van der Waals surface area contributed by atoms with E-state index in [4.69, 9.17) is 16.9 Å². The van der Waals surface area contributed by atoms with Crippen LogP contribution in [0.15, 0.2) is 63.9 Å². The largest absolute Gasteiger partial charge is 0.301 e. The Hall–Kier alpha value is -2.59. The highest BCUT2D eigenvalue weighted by atomic mass is 35.5. The number of aromatic amines is 1. The van der Waals surface area contributed by atoms with Gasteiger partial charge in [0.2, 0.25) is 0 Å². The summed E-state index contributed by atoms with van der Waals surface area (Å²) in [6.07, 6.45) is 0. The predicted octanol–water partition coefficient (Wildman–Crippen LogP) is 5.47. The van der Waals surface area contributed by atoms with Gasteiger partial charge < -0.3 is 4.98 Å². The van der Waals surface area contributed by atoms with Crippen LogP contribution < -0.4 is 5.56 Å². The zero-order valence-corrected chi connectivity index (χ0v) is 16.3. The molecule has 2 aromatic heterocycles. The minimum absolute atomic E-state index is 0.153. The van der Waals surface area contributed by atoms with Gasteiger partial charge in [-0.25, -0.2) is 4.98 Å². The predicted molar refractivity (Wildman–Crippen MR) is 111 cm³/mol. The SMILES string of the molecule is N#Cc1cccc(CSc2nc3scc(-c4ccc(Cl)cc4)c3c(=O)[nH]2)c1. The number of H-pyrrole nitrogens is 1. The van der Waals surface area contributed by atoms with Gasteiger partial charge >= 0.3 is 0 Å². The molecule has 1 N–H and O–H groups in total. The van der Waals surface area contributed by atoms with E-state index in [1.165, 1.54) is 23.1 Å². The van der Waals surface area contributed by atoms with Crippen LogP contribution in [0, 0.1) is 11.3 Å². The summed E-state index contributed by atoms with van der Waals surface area (Å²) >= 11 is 8.84. The third-order valence-corrected chi connectivity index (χ3v) is 6.08. The number of thioether (sulfide) groups is 1. The van der Waals surface area contributed by atoms with E-state index < -0.39 is 0 Å². The van der Waals surface area contributed by atoms with Crippen molar-refractivity contribution in [1.29, 1.82) is 5.26 Å². The monoisotopic (exact) mass is 409 g/mol. The normalized spacial score (nSPS) is 10.8. The van der Waals surface area contributed by atoms with Crippen molar-refractivity contribution in [1.82, 2.24) is 9.97 Å². The van der Waals surface area contributed by atoms with E-state index >= 15 is 0 Å². The number of hydrogen-bond acceptors (Lipinski definition) is 5.